The molecule has 0 amide bonds. The number of aryl methyl sites for hydroxylation is 1. The summed E-state index contributed by atoms with van der Waals surface area (Å²) in [6.45, 7) is 0.924. The van der Waals surface area contributed by atoms with E-state index in [1.807, 2.05) is 24.1 Å². The molecule has 2 unspecified atom stereocenters. The summed E-state index contributed by atoms with van der Waals surface area (Å²) in [6, 6.07) is 0.297. The molecule has 4 nitrogen and oxygen atoms in total. The van der Waals surface area contributed by atoms with Crippen molar-refractivity contribution >= 4 is 0 Å². The molecular weight excluding hydrogens is 202 g/mol. The van der Waals surface area contributed by atoms with Gasteiger partial charge in [-0.1, -0.05) is 12.8 Å². The maximum atomic E-state index is 9.79. The summed E-state index contributed by atoms with van der Waals surface area (Å²) in [5, 5.41) is 17.4. The SMILES string of the molecule is Cn1cc(CCNC2CCCCC2O)cn1. The van der Waals surface area contributed by atoms with Gasteiger partial charge in [-0.05, 0) is 31.4 Å². The topological polar surface area (TPSA) is 50.1 Å². The zero-order valence-electron chi connectivity index (χ0n) is 9.89. The quantitative estimate of drug-likeness (QED) is 0.796. The van der Waals surface area contributed by atoms with Crippen molar-refractivity contribution in [1.82, 2.24) is 15.1 Å². The Kier molecular flexibility index (Phi) is 3.96. The first-order valence-corrected chi connectivity index (χ1v) is 6.14. The van der Waals surface area contributed by atoms with Gasteiger partial charge in [-0.25, -0.2) is 0 Å². The average molecular weight is 223 g/mol. The lowest BCUT2D eigenvalue weighted by atomic mass is 9.92. The molecule has 0 saturated heterocycles. The first kappa shape index (κ1) is 11.6. The van der Waals surface area contributed by atoms with Gasteiger partial charge in [0.25, 0.3) is 0 Å². The van der Waals surface area contributed by atoms with Gasteiger partial charge >= 0.3 is 0 Å². The van der Waals surface area contributed by atoms with Crippen LogP contribution < -0.4 is 5.32 Å². The highest BCUT2D eigenvalue weighted by atomic mass is 16.3. The molecular formula is C12H21N3O. The van der Waals surface area contributed by atoms with Gasteiger partial charge in [0, 0.05) is 19.3 Å². The van der Waals surface area contributed by atoms with Gasteiger partial charge in [0.15, 0.2) is 0 Å². The number of nitrogens with zero attached hydrogens (tertiary/aromatic N) is 2. The molecule has 0 aromatic carbocycles. The number of hydrogen-bond acceptors (Lipinski definition) is 3. The fourth-order valence-electron chi connectivity index (χ4n) is 2.35. The largest absolute Gasteiger partial charge is 0.392 e. The predicted molar refractivity (Wildman–Crippen MR) is 63.2 cm³/mol. The molecule has 16 heavy (non-hydrogen) atoms. The predicted octanol–water partition coefficient (Wildman–Crippen LogP) is 0.856. The van der Waals surface area contributed by atoms with Crippen molar-refractivity contribution in [3.05, 3.63) is 18.0 Å². The van der Waals surface area contributed by atoms with Crippen LogP contribution in [0, 0.1) is 0 Å². The maximum Gasteiger partial charge on any atom is 0.0693 e. The van der Waals surface area contributed by atoms with E-state index in [9.17, 15) is 5.11 Å². The summed E-state index contributed by atoms with van der Waals surface area (Å²) in [5.74, 6) is 0. The van der Waals surface area contributed by atoms with Crippen LogP contribution in [-0.2, 0) is 13.5 Å². The fraction of sp³-hybridized carbons (Fsp3) is 0.750. The standard InChI is InChI=1S/C12H21N3O/c1-15-9-10(8-14-15)6-7-13-11-4-2-3-5-12(11)16/h8-9,11-13,16H,2-7H2,1H3. The number of hydrogen-bond donors (Lipinski definition) is 2. The molecule has 90 valence electrons. The first-order valence-electron chi connectivity index (χ1n) is 6.14. The van der Waals surface area contributed by atoms with Gasteiger partial charge in [-0.2, -0.15) is 5.10 Å². The molecule has 1 fully saturated rings. The molecule has 1 aromatic heterocycles. The molecule has 1 heterocycles. The summed E-state index contributed by atoms with van der Waals surface area (Å²) in [5.41, 5.74) is 1.25. The third-order valence-electron chi connectivity index (χ3n) is 3.31. The molecule has 0 radical (unpaired) electrons. The minimum atomic E-state index is -0.150. The van der Waals surface area contributed by atoms with Crippen molar-refractivity contribution in [2.45, 2.75) is 44.2 Å². The van der Waals surface area contributed by atoms with Crippen molar-refractivity contribution in [1.29, 1.82) is 0 Å². The normalized spacial score (nSPS) is 25.9. The van der Waals surface area contributed by atoms with E-state index >= 15 is 0 Å². The lowest BCUT2D eigenvalue weighted by Gasteiger charge is -2.28. The first-order chi connectivity index (χ1) is 7.75. The van der Waals surface area contributed by atoms with Gasteiger partial charge in [0.2, 0.25) is 0 Å². The third kappa shape index (κ3) is 3.06. The third-order valence-corrected chi connectivity index (χ3v) is 3.31. The van der Waals surface area contributed by atoms with E-state index in [1.54, 1.807) is 0 Å². The zero-order valence-corrected chi connectivity index (χ0v) is 9.89. The molecule has 0 bridgehead atoms. The Morgan fingerprint density at radius 3 is 3.00 bits per heavy atom. The van der Waals surface area contributed by atoms with E-state index in [4.69, 9.17) is 0 Å². The summed E-state index contributed by atoms with van der Waals surface area (Å²) in [6.07, 6.45) is 9.24. The molecule has 0 spiro atoms. The maximum absolute atomic E-state index is 9.79. The highest BCUT2D eigenvalue weighted by Crippen LogP contribution is 2.18. The molecule has 1 saturated carbocycles. The van der Waals surface area contributed by atoms with Crippen LogP contribution in [0.3, 0.4) is 0 Å². The lowest BCUT2D eigenvalue weighted by molar-refractivity contribution is 0.0914. The van der Waals surface area contributed by atoms with Crippen molar-refractivity contribution in [3.63, 3.8) is 0 Å². The number of rotatable bonds is 4. The van der Waals surface area contributed by atoms with E-state index < -0.39 is 0 Å². The van der Waals surface area contributed by atoms with Crippen molar-refractivity contribution < 1.29 is 5.11 Å². The van der Waals surface area contributed by atoms with Gasteiger partial charge in [0.1, 0.15) is 0 Å². The molecule has 2 rings (SSSR count). The Hall–Kier alpha value is -0.870. The van der Waals surface area contributed by atoms with Crippen molar-refractivity contribution in [3.8, 4) is 0 Å². The average Bonchev–Trinajstić information content (AvgIpc) is 2.67. The lowest BCUT2D eigenvalue weighted by Crippen LogP contribution is -2.42. The van der Waals surface area contributed by atoms with E-state index in [0.29, 0.717) is 6.04 Å². The minimum absolute atomic E-state index is 0.150. The second-order valence-corrected chi connectivity index (χ2v) is 4.68. The van der Waals surface area contributed by atoms with Crippen LogP contribution in [0.2, 0.25) is 0 Å². The molecule has 4 heteroatoms. The van der Waals surface area contributed by atoms with Crippen LogP contribution in [-0.4, -0.2) is 33.6 Å². The summed E-state index contributed by atoms with van der Waals surface area (Å²) in [4.78, 5) is 0. The molecule has 1 aromatic rings. The molecule has 1 aliphatic carbocycles. The summed E-state index contributed by atoms with van der Waals surface area (Å²) < 4.78 is 1.82. The Morgan fingerprint density at radius 2 is 2.31 bits per heavy atom. The molecule has 1 aliphatic rings. The van der Waals surface area contributed by atoms with E-state index in [-0.39, 0.29) is 6.10 Å². The molecule has 2 N–H and O–H groups in total. The second kappa shape index (κ2) is 5.46. The van der Waals surface area contributed by atoms with E-state index in [0.717, 1.165) is 25.8 Å². The van der Waals surface area contributed by atoms with Gasteiger partial charge < -0.3 is 10.4 Å². The van der Waals surface area contributed by atoms with Gasteiger partial charge in [0.05, 0.1) is 12.3 Å². The monoisotopic (exact) mass is 223 g/mol. The zero-order chi connectivity index (χ0) is 11.4. The molecule has 0 aliphatic heterocycles. The van der Waals surface area contributed by atoms with E-state index in [2.05, 4.69) is 10.4 Å². The molecule has 2 atom stereocenters. The Balaban J connectivity index is 1.71. The van der Waals surface area contributed by atoms with Crippen LogP contribution in [0.25, 0.3) is 0 Å². The summed E-state index contributed by atoms with van der Waals surface area (Å²) >= 11 is 0. The van der Waals surface area contributed by atoms with Crippen LogP contribution in [0.4, 0.5) is 0 Å². The van der Waals surface area contributed by atoms with Crippen LogP contribution in [0.5, 0.6) is 0 Å². The Morgan fingerprint density at radius 1 is 1.50 bits per heavy atom. The Labute approximate surface area is 96.7 Å². The van der Waals surface area contributed by atoms with Crippen molar-refractivity contribution in [2.24, 2.45) is 7.05 Å². The highest BCUT2D eigenvalue weighted by Gasteiger charge is 2.21. The second-order valence-electron chi connectivity index (χ2n) is 4.68. The van der Waals surface area contributed by atoms with Crippen LogP contribution in [0.15, 0.2) is 12.4 Å². The highest BCUT2D eigenvalue weighted by molar-refractivity contribution is 5.04. The summed E-state index contributed by atoms with van der Waals surface area (Å²) in [7, 11) is 1.93. The van der Waals surface area contributed by atoms with Gasteiger partial charge in [-0.3, -0.25) is 4.68 Å². The number of nitrogens with one attached hydrogen (secondary N) is 1. The van der Waals surface area contributed by atoms with Crippen LogP contribution >= 0.6 is 0 Å². The smallest absolute Gasteiger partial charge is 0.0693 e. The number of aromatic nitrogens is 2. The van der Waals surface area contributed by atoms with Crippen molar-refractivity contribution in [2.75, 3.05) is 6.54 Å². The Bertz CT molecular complexity index is 324. The van der Waals surface area contributed by atoms with Crippen LogP contribution in [0.1, 0.15) is 31.2 Å². The number of aliphatic hydroxyl groups excluding tert-OH is 1. The minimum Gasteiger partial charge on any atom is -0.392 e. The van der Waals surface area contributed by atoms with Gasteiger partial charge in [-0.15, -0.1) is 0 Å². The van der Waals surface area contributed by atoms with E-state index in [1.165, 1.54) is 18.4 Å². The fourth-order valence-corrected chi connectivity index (χ4v) is 2.35. The number of aliphatic hydroxyl groups is 1.